The quantitative estimate of drug-likeness (QED) is 0.0641. The summed E-state index contributed by atoms with van der Waals surface area (Å²) in [7, 11) is 0. The second-order valence-corrected chi connectivity index (χ2v) is 15.3. The molecule has 16 unspecified atom stereocenters. The molecular weight excluding hydrogens is 802 g/mol. The van der Waals surface area contributed by atoms with E-state index in [4.69, 9.17) is 53.1 Å². The minimum atomic E-state index is -1.93. The van der Waals surface area contributed by atoms with Gasteiger partial charge in [0.25, 0.3) is 0 Å². The van der Waals surface area contributed by atoms with Crippen LogP contribution in [0.4, 0.5) is 0 Å². The molecule has 0 aromatic rings. The van der Waals surface area contributed by atoms with Gasteiger partial charge in [-0.3, -0.25) is 0 Å². The van der Waals surface area contributed by atoms with E-state index in [2.05, 4.69) is 6.58 Å². The van der Waals surface area contributed by atoms with Gasteiger partial charge >= 0.3 is 0 Å². The van der Waals surface area contributed by atoms with Crippen molar-refractivity contribution in [1.82, 2.24) is 0 Å². The fraction of sp³-hybridized carbons (Fsp3) is 0.943. The minimum Gasteiger partial charge on any atom is -0.394 e. The van der Waals surface area contributed by atoms with Gasteiger partial charge in [0, 0.05) is 6.61 Å². The first-order chi connectivity index (χ1) is 28.0. The number of ether oxygens (including phenoxy) is 10. The molecule has 25 atom stereocenters. The average molecular weight is 864 g/mol. The number of hydrogen-bond donors (Lipinski definition) is 14. The molecule has 59 heavy (non-hydrogen) atoms. The maximum absolute atomic E-state index is 11.2. The van der Waals surface area contributed by atoms with E-state index >= 15 is 0 Å². The van der Waals surface area contributed by atoms with Crippen molar-refractivity contribution < 1.29 is 114 Å². The monoisotopic (exact) mass is 863 g/mol. The second-order valence-electron chi connectivity index (χ2n) is 15.3. The summed E-state index contributed by atoms with van der Waals surface area (Å²) in [4.78, 5) is 0. The van der Waals surface area contributed by atoms with Crippen molar-refractivity contribution in [2.45, 2.75) is 174 Å². The Kier molecular flexibility index (Phi) is 17.7. The normalized spacial score (nSPS) is 51.0. The second kappa shape index (κ2) is 21.4. The zero-order valence-electron chi connectivity index (χ0n) is 32.4. The zero-order chi connectivity index (χ0) is 43.5. The lowest BCUT2D eigenvalue weighted by Gasteiger charge is -2.50. The molecule has 0 amide bonds. The van der Waals surface area contributed by atoms with Gasteiger partial charge in [-0.1, -0.05) is 6.08 Å². The molecule has 0 bridgehead atoms. The highest BCUT2D eigenvalue weighted by Crippen LogP contribution is 2.36. The van der Waals surface area contributed by atoms with E-state index < -0.39 is 173 Å². The summed E-state index contributed by atoms with van der Waals surface area (Å²) >= 11 is 0. The third-order valence-corrected chi connectivity index (χ3v) is 11.2. The summed E-state index contributed by atoms with van der Waals surface area (Å²) in [6.07, 6.45) is -35.8. The van der Waals surface area contributed by atoms with Crippen LogP contribution in [0.1, 0.15) is 20.3 Å². The van der Waals surface area contributed by atoms with Gasteiger partial charge in [-0.05, 0) is 20.3 Å². The molecule has 5 rings (SSSR count). The number of hydrogen-bond acceptors (Lipinski definition) is 24. The highest BCUT2D eigenvalue weighted by Gasteiger charge is 2.56. The van der Waals surface area contributed by atoms with E-state index in [0.717, 1.165) is 0 Å². The molecule has 0 saturated carbocycles. The molecule has 5 heterocycles. The maximum atomic E-state index is 11.2. The molecule has 15 N–H and O–H groups in total. The lowest BCUT2D eigenvalue weighted by molar-refractivity contribution is -0.388. The highest BCUT2D eigenvalue weighted by atomic mass is 16.8. The van der Waals surface area contributed by atoms with Crippen LogP contribution in [0.3, 0.4) is 0 Å². The van der Waals surface area contributed by atoms with Crippen LogP contribution in [0.15, 0.2) is 12.7 Å². The summed E-state index contributed by atoms with van der Waals surface area (Å²) in [5, 5.41) is 137. The number of rotatable bonds is 16. The van der Waals surface area contributed by atoms with Crippen LogP contribution in [0.25, 0.3) is 0 Å². The topological polar surface area (TPSA) is 381 Å². The molecule has 0 aliphatic carbocycles. The van der Waals surface area contributed by atoms with Crippen LogP contribution in [0.2, 0.25) is 0 Å². The summed E-state index contributed by atoms with van der Waals surface area (Å²) < 4.78 is 58.3. The minimum absolute atomic E-state index is 0.0952. The van der Waals surface area contributed by atoms with Crippen molar-refractivity contribution in [3.05, 3.63) is 12.7 Å². The van der Waals surface area contributed by atoms with Crippen molar-refractivity contribution >= 4 is 0 Å². The molecule has 0 aromatic carbocycles. The molecule has 5 aliphatic rings. The number of nitrogens with two attached hydrogens (primary N) is 1. The molecule has 0 spiro atoms. The Morgan fingerprint density at radius 1 is 0.475 bits per heavy atom. The first kappa shape index (κ1) is 48.8. The Balaban J connectivity index is 1.43. The Morgan fingerprint density at radius 3 is 1.63 bits per heavy atom. The van der Waals surface area contributed by atoms with E-state index in [9.17, 15) is 66.4 Å². The van der Waals surface area contributed by atoms with Crippen molar-refractivity contribution in [2.24, 2.45) is 5.73 Å². The summed E-state index contributed by atoms with van der Waals surface area (Å²) in [6, 6.07) is -1.47. The van der Waals surface area contributed by atoms with Gasteiger partial charge in [0.15, 0.2) is 25.2 Å². The van der Waals surface area contributed by atoms with Gasteiger partial charge in [-0.25, -0.2) is 0 Å². The molecule has 5 saturated heterocycles. The smallest absolute Gasteiger partial charge is 0.187 e. The van der Waals surface area contributed by atoms with Crippen molar-refractivity contribution in [2.75, 3.05) is 33.0 Å². The van der Waals surface area contributed by atoms with Crippen LogP contribution < -0.4 is 5.73 Å². The van der Waals surface area contributed by atoms with Crippen LogP contribution >= 0.6 is 0 Å². The molecule has 0 aromatic heterocycles. The third kappa shape index (κ3) is 10.6. The van der Waals surface area contributed by atoms with Gasteiger partial charge in [-0.15, -0.1) is 6.58 Å². The largest absolute Gasteiger partial charge is 0.394 e. The van der Waals surface area contributed by atoms with E-state index in [1.807, 2.05) is 0 Å². The Labute approximate surface area is 338 Å². The van der Waals surface area contributed by atoms with Crippen molar-refractivity contribution in [3.63, 3.8) is 0 Å². The Hall–Kier alpha value is -1.22. The number of aliphatic hydroxyl groups excluding tert-OH is 13. The fourth-order valence-corrected chi connectivity index (χ4v) is 7.68. The predicted octanol–water partition coefficient (Wildman–Crippen LogP) is -8.26. The van der Waals surface area contributed by atoms with Crippen molar-refractivity contribution in [1.29, 1.82) is 0 Å². The van der Waals surface area contributed by atoms with Gasteiger partial charge < -0.3 is 119 Å². The predicted molar refractivity (Wildman–Crippen MR) is 189 cm³/mol. The van der Waals surface area contributed by atoms with Gasteiger partial charge in [0.1, 0.15) is 104 Å². The number of aliphatic hydroxyl groups is 13. The molecule has 5 fully saturated rings. The summed E-state index contributed by atoms with van der Waals surface area (Å²) in [6.45, 7) is 3.55. The fourth-order valence-electron chi connectivity index (χ4n) is 7.68. The van der Waals surface area contributed by atoms with Crippen LogP contribution in [0, 0.1) is 0 Å². The van der Waals surface area contributed by atoms with E-state index in [-0.39, 0.29) is 19.6 Å². The zero-order valence-corrected chi connectivity index (χ0v) is 32.4. The van der Waals surface area contributed by atoms with Crippen molar-refractivity contribution in [3.8, 4) is 0 Å². The van der Waals surface area contributed by atoms with Gasteiger partial charge in [-0.2, -0.15) is 0 Å². The first-order valence-corrected chi connectivity index (χ1v) is 19.5. The third-order valence-electron chi connectivity index (χ3n) is 11.2. The van der Waals surface area contributed by atoms with E-state index in [1.54, 1.807) is 0 Å². The SMILES string of the molecule is C=CCOC1OC(CO)[C@H](O)C(O[C@@H]2OC(CO)[C@@H](O[C@@H]3OC(CO)[C@H](O)C(O)C3O[C@@H]3OC(C)[C@@H](O)C(O)C3O)C(OCC[C@@H]3OC(C)[C@@H](O)C(O)C3O)C2N)C1O. The first-order valence-electron chi connectivity index (χ1n) is 19.5. The standard InChI is InChI=1S/C35H61NO23/c1-4-6-51-33-27(49)30(22(44)15(9-38)54-33)58-32-17(36)29(50-7-5-13-20(42)23(45)18(40)11(2)52-13)28(16(10-39)56-32)57-35-31(25(47)21(43)14(8-37)55-35)59-34-26(48)24(46)19(41)12(3)53-34/h4,11-35,37-49H,1,5-10,36H2,2-3H3/t11?,12?,13-,14?,15?,16?,17?,18+,19+,20?,21-,22-,23?,24?,25?,26?,27?,28+,29?,30?,31?,32-,33?,34-,35-/m0/s1. The van der Waals surface area contributed by atoms with Crippen LogP contribution in [-0.4, -0.2) is 253 Å². The van der Waals surface area contributed by atoms with E-state index in [0.29, 0.717) is 0 Å². The Morgan fingerprint density at radius 2 is 1.00 bits per heavy atom. The lowest BCUT2D eigenvalue weighted by Crippen LogP contribution is -2.69. The van der Waals surface area contributed by atoms with Crippen LogP contribution in [-0.2, 0) is 47.4 Å². The molecule has 24 nitrogen and oxygen atoms in total. The average Bonchev–Trinajstić information content (AvgIpc) is 3.22. The lowest BCUT2D eigenvalue weighted by atomic mass is 9.93. The molecular formula is C35H61NO23. The van der Waals surface area contributed by atoms with Gasteiger partial charge in [0.2, 0.25) is 0 Å². The summed E-state index contributed by atoms with van der Waals surface area (Å²) in [5.74, 6) is 0. The molecule has 24 heteroatoms. The summed E-state index contributed by atoms with van der Waals surface area (Å²) in [5.41, 5.74) is 6.70. The molecule has 344 valence electrons. The maximum Gasteiger partial charge on any atom is 0.187 e. The van der Waals surface area contributed by atoms with Crippen LogP contribution in [0.5, 0.6) is 0 Å². The van der Waals surface area contributed by atoms with Gasteiger partial charge in [0.05, 0.1) is 50.8 Å². The molecule has 5 aliphatic heterocycles. The van der Waals surface area contributed by atoms with E-state index in [1.165, 1.54) is 19.9 Å². The molecule has 0 radical (unpaired) electrons. The Bertz CT molecular complexity index is 1290. The highest BCUT2D eigenvalue weighted by molar-refractivity contribution is 5.00.